The van der Waals surface area contributed by atoms with Crippen LogP contribution < -0.4 is 5.32 Å². The molecule has 1 aliphatic carbocycles. The predicted octanol–water partition coefficient (Wildman–Crippen LogP) is 2.90. The average Bonchev–Trinajstić information content (AvgIpc) is 2.90. The van der Waals surface area contributed by atoms with Crippen LogP contribution in [0.3, 0.4) is 0 Å². The van der Waals surface area contributed by atoms with Gasteiger partial charge in [-0.2, -0.15) is 0 Å². The summed E-state index contributed by atoms with van der Waals surface area (Å²) < 4.78 is 5.39. The van der Waals surface area contributed by atoms with Crippen molar-refractivity contribution in [1.29, 1.82) is 0 Å². The van der Waals surface area contributed by atoms with Crippen molar-refractivity contribution in [3.05, 3.63) is 0 Å². The first-order chi connectivity index (χ1) is 9.75. The maximum Gasteiger partial charge on any atom is 0.0594 e. The normalized spacial score (nSPS) is 28.4. The molecule has 2 fully saturated rings. The van der Waals surface area contributed by atoms with Crippen LogP contribution in [0.2, 0.25) is 0 Å². The van der Waals surface area contributed by atoms with Gasteiger partial charge in [-0.25, -0.2) is 0 Å². The molecule has 1 saturated carbocycles. The second-order valence-electron chi connectivity index (χ2n) is 7.03. The number of nitrogens with zero attached hydrogens (tertiary/aromatic N) is 1. The SMILES string of the molecule is CC(C)CC[C@H]1CCC[C@@H]1NCCCN1CCOCC1. The average molecular weight is 282 g/mol. The summed E-state index contributed by atoms with van der Waals surface area (Å²) in [6.07, 6.45) is 8.40. The largest absolute Gasteiger partial charge is 0.379 e. The Bertz CT molecular complexity index is 251. The van der Waals surface area contributed by atoms with Gasteiger partial charge in [0.15, 0.2) is 0 Å². The zero-order valence-electron chi connectivity index (χ0n) is 13.6. The number of morpholine rings is 1. The lowest BCUT2D eigenvalue weighted by atomic mass is 9.93. The Morgan fingerprint density at radius 2 is 2.00 bits per heavy atom. The molecule has 0 spiro atoms. The van der Waals surface area contributed by atoms with Gasteiger partial charge in [-0.05, 0) is 50.6 Å². The highest BCUT2D eigenvalue weighted by Crippen LogP contribution is 2.30. The van der Waals surface area contributed by atoms with Crippen LogP contribution in [0.25, 0.3) is 0 Å². The third-order valence-corrected chi connectivity index (χ3v) is 4.94. The van der Waals surface area contributed by atoms with Crippen molar-refractivity contribution in [2.75, 3.05) is 39.4 Å². The third-order valence-electron chi connectivity index (χ3n) is 4.94. The van der Waals surface area contributed by atoms with E-state index in [9.17, 15) is 0 Å². The van der Waals surface area contributed by atoms with E-state index in [1.807, 2.05) is 0 Å². The number of hydrogen-bond donors (Lipinski definition) is 1. The molecule has 2 atom stereocenters. The Morgan fingerprint density at radius 3 is 2.75 bits per heavy atom. The van der Waals surface area contributed by atoms with Gasteiger partial charge in [0.1, 0.15) is 0 Å². The third kappa shape index (κ3) is 5.71. The fourth-order valence-electron chi connectivity index (χ4n) is 3.61. The maximum absolute atomic E-state index is 5.39. The Balaban J connectivity index is 1.55. The summed E-state index contributed by atoms with van der Waals surface area (Å²) in [5.74, 6) is 1.80. The van der Waals surface area contributed by atoms with Crippen LogP contribution in [0.4, 0.5) is 0 Å². The molecule has 0 radical (unpaired) electrons. The van der Waals surface area contributed by atoms with Gasteiger partial charge >= 0.3 is 0 Å². The van der Waals surface area contributed by atoms with E-state index in [0.29, 0.717) is 0 Å². The molecule has 0 amide bonds. The van der Waals surface area contributed by atoms with Crippen LogP contribution >= 0.6 is 0 Å². The Hall–Kier alpha value is -0.120. The Kier molecular flexibility index (Phi) is 7.32. The monoisotopic (exact) mass is 282 g/mol. The smallest absolute Gasteiger partial charge is 0.0594 e. The predicted molar refractivity (Wildman–Crippen MR) is 85.1 cm³/mol. The van der Waals surface area contributed by atoms with Gasteiger partial charge in [0.05, 0.1) is 13.2 Å². The first-order valence-corrected chi connectivity index (χ1v) is 8.79. The minimum absolute atomic E-state index is 0.804. The highest BCUT2D eigenvalue weighted by molar-refractivity contribution is 4.83. The van der Waals surface area contributed by atoms with Crippen LogP contribution in [0, 0.1) is 11.8 Å². The van der Waals surface area contributed by atoms with Crippen molar-refractivity contribution < 1.29 is 4.74 Å². The zero-order chi connectivity index (χ0) is 14.2. The number of rotatable bonds is 8. The summed E-state index contributed by atoms with van der Waals surface area (Å²) in [6, 6.07) is 0.804. The van der Waals surface area contributed by atoms with Gasteiger partial charge in [0.2, 0.25) is 0 Å². The summed E-state index contributed by atoms with van der Waals surface area (Å²) >= 11 is 0. The molecule has 3 heteroatoms. The second kappa shape index (κ2) is 9.01. The molecule has 1 aliphatic heterocycles. The summed E-state index contributed by atoms with van der Waals surface area (Å²) in [5.41, 5.74) is 0. The topological polar surface area (TPSA) is 24.5 Å². The minimum atomic E-state index is 0.804. The standard InChI is InChI=1S/C17H34N2O/c1-15(2)7-8-16-5-3-6-17(16)18-9-4-10-19-11-13-20-14-12-19/h15-18H,3-14H2,1-2H3/t16-,17+/m1/s1. The van der Waals surface area contributed by atoms with E-state index >= 15 is 0 Å². The quantitative estimate of drug-likeness (QED) is 0.693. The minimum Gasteiger partial charge on any atom is -0.379 e. The summed E-state index contributed by atoms with van der Waals surface area (Å²) in [7, 11) is 0. The molecule has 1 heterocycles. The first-order valence-electron chi connectivity index (χ1n) is 8.79. The van der Waals surface area contributed by atoms with Crippen molar-refractivity contribution in [1.82, 2.24) is 10.2 Å². The number of hydrogen-bond acceptors (Lipinski definition) is 3. The van der Waals surface area contributed by atoms with Crippen LogP contribution in [-0.4, -0.2) is 50.3 Å². The molecule has 1 N–H and O–H groups in total. The van der Waals surface area contributed by atoms with Crippen molar-refractivity contribution in [2.24, 2.45) is 11.8 Å². The first kappa shape index (κ1) is 16.3. The lowest BCUT2D eigenvalue weighted by Crippen LogP contribution is -2.39. The summed E-state index contributed by atoms with van der Waals surface area (Å²) in [5, 5.41) is 3.84. The molecule has 2 rings (SSSR count). The van der Waals surface area contributed by atoms with Crippen LogP contribution in [0.15, 0.2) is 0 Å². The van der Waals surface area contributed by atoms with Crippen LogP contribution in [0.5, 0.6) is 0 Å². The molecule has 2 aliphatic rings. The molecule has 0 aromatic carbocycles. The fraction of sp³-hybridized carbons (Fsp3) is 1.00. The second-order valence-corrected chi connectivity index (χ2v) is 7.03. The number of nitrogens with one attached hydrogen (secondary N) is 1. The van der Waals surface area contributed by atoms with Crippen molar-refractivity contribution in [3.63, 3.8) is 0 Å². The molecule has 1 saturated heterocycles. The van der Waals surface area contributed by atoms with Crippen molar-refractivity contribution >= 4 is 0 Å². The summed E-state index contributed by atoms with van der Waals surface area (Å²) in [6.45, 7) is 11.2. The highest BCUT2D eigenvalue weighted by atomic mass is 16.5. The summed E-state index contributed by atoms with van der Waals surface area (Å²) in [4.78, 5) is 2.54. The van der Waals surface area contributed by atoms with Crippen LogP contribution in [0.1, 0.15) is 52.4 Å². The van der Waals surface area contributed by atoms with Gasteiger partial charge in [0, 0.05) is 19.1 Å². The van der Waals surface area contributed by atoms with E-state index in [1.54, 1.807) is 0 Å². The number of ether oxygens (including phenoxy) is 1. The van der Waals surface area contributed by atoms with E-state index in [-0.39, 0.29) is 0 Å². The Labute approximate surface area is 125 Å². The lowest BCUT2D eigenvalue weighted by molar-refractivity contribution is 0.0373. The van der Waals surface area contributed by atoms with Gasteiger partial charge in [-0.3, -0.25) is 4.90 Å². The van der Waals surface area contributed by atoms with Gasteiger partial charge in [0.25, 0.3) is 0 Å². The van der Waals surface area contributed by atoms with E-state index in [4.69, 9.17) is 4.74 Å². The Morgan fingerprint density at radius 1 is 1.20 bits per heavy atom. The fourth-order valence-corrected chi connectivity index (χ4v) is 3.61. The molecule has 20 heavy (non-hydrogen) atoms. The molecule has 3 nitrogen and oxygen atoms in total. The van der Waals surface area contributed by atoms with Gasteiger partial charge in [-0.1, -0.05) is 26.7 Å². The van der Waals surface area contributed by atoms with Gasteiger partial charge < -0.3 is 10.1 Å². The van der Waals surface area contributed by atoms with E-state index in [2.05, 4.69) is 24.1 Å². The molecular formula is C17H34N2O. The molecular weight excluding hydrogens is 248 g/mol. The van der Waals surface area contributed by atoms with Crippen molar-refractivity contribution in [2.45, 2.75) is 58.4 Å². The van der Waals surface area contributed by atoms with E-state index < -0.39 is 0 Å². The maximum atomic E-state index is 5.39. The highest BCUT2D eigenvalue weighted by Gasteiger charge is 2.26. The van der Waals surface area contributed by atoms with Gasteiger partial charge in [-0.15, -0.1) is 0 Å². The molecule has 0 bridgehead atoms. The molecule has 118 valence electrons. The van der Waals surface area contributed by atoms with Crippen LogP contribution in [-0.2, 0) is 4.74 Å². The molecule has 0 unspecified atom stereocenters. The molecule has 0 aromatic heterocycles. The van der Waals surface area contributed by atoms with Crippen molar-refractivity contribution in [3.8, 4) is 0 Å². The molecule has 0 aromatic rings. The van der Waals surface area contributed by atoms with E-state index in [1.165, 1.54) is 51.6 Å². The zero-order valence-corrected chi connectivity index (χ0v) is 13.6. The van der Waals surface area contributed by atoms with E-state index in [0.717, 1.165) is 44.2 Å². The lowest BCUT2D eigenvalue weighted by Gasteiger charge is -2.27.